The Morgan fingerprint density at radius 3 is 2.60 bits per heavy atom. The topological polar surface area (TPSA) is 84.0 Å². The van der Waals surface area contributed by atoms with Gasteiger partial charge in [0, 0.05) is 30.8 Å². The number of guanidine groups is 1. The molecule has 0 heterocycles. The molecular formula is C18H30N4O3. The fraction of sp³-hybridized carbons (Fsp3) is 0.556. The fourth-order valence-electron chi connectivity index (χ4n) is 2.13. The predicted octanol–water partition coefficient (Wildman–Crippen LogP) is 2.39. The highest BCUT2D eigenvalue weighted by atomic mass is 16.5. The molecule has 7 heteroatoms. The van der Waals surface area contributed by atoms with Crippen molar-refractivity contribution in [1.82, 2.24) is 10.6 Å². The lowest BCUT2D eigenvalue weighted by Crippen LogP contribution is -2.32. The second-order valence-electron chi connectivity index (χ2n) is 5.66. The van der Waals surface area contributed by atoms with Crippen LogP contribution in [0.25, 0.3) is 0 Å². The Bertz CT molecular complexity index is 573. The molecule has 0 saturated carbocycles. The Morgan fingerprint density at radius 2 is 2.00 bits per heavy atom. The van der Waals surface area contributed by atoms with Gasteiger partial charge in [-0.1, -0.05) is 0 Å². The Kier molecular flexibility index (Phi) is 9.21. The highest BCUT2D eigenvalue weighted by Crippen LogP contribution is 2.30. The molecule has 1 amide bonds. The van der Waals surface area contributed by atoms with Gasteiger partial charge >= 0.3 is 0 Å². The first kappa shape index (κ1) is 20.6. The molecule has 0 radical (unpaired) electrons. The smallest absolute Gasteiger partial charge is 0.222 e. The van der Waals surface area contributed by atoms with E-state index in [0.717, 1.165) is 12.2 Å². The molecule has 0 atom stereocenters. The number of anilines is 1. The standard InChI is InChI=1S/C18H30N4O3/c1-6-19-18(20-11-10-17(23)21-13(3)4)22-14-8-9-15(25-7-2)16(12-14)24-5/h8-9,12-13H,6-7,10-11H2,1-5H3,(H,21,23)(H2,19,20,22). The summed E-state index contributed by atoms with van der Waals surface area (Å²) in [6, 6.07) is 5.73. The highest BCUT2D eigenvalue weighted by molar-refractivity contribution is 5.94. The molecule has 140 valence electrons. The maximum absolute atomic E-state index is 11.7. The molecular weight excluding hydrogens is 320 g/mol. The third-order valence-electron chi connectivity index (χ3n) is 3.13. The molecule has 1 aromatic rings. The predicted molar refractivity (Wildman–Crippen MR) is 102 cm³/mol. The maximum Gasteiger partial charge on any atom is 0.222 e. The molecule has 0 bridgehead atoms. The maximum atomic E-state index is 11.7. The summed E-state index contributed by atoms with van der Waals surface area (Å²) in [6.07, 6.45) is 0.349. The molecule has 7 nitrogen and oxygen atoms in total. The third kappa shape index (κ3) is 7.78. The van der Waals surface area contributed by atoms with Gasteiger partial charge in [-0.25, -0.2) is 0 Å². The summed E-state index contributed by atoms with van der Waals surface area (Å²) in [5, 5.41) is 9.22. The Labute approximate surface area is 150 Å². The molecule has 0 aliphatic heterocycles. The number of amides is 1. The Balaban J connectivity index is 2.73. The van der Waals surface area contributed by atoms with Crippen molar-refractivity contribution in [2.75, 3.05) is 32.1 Å². The molecule has 0 fully saturated rings. The summed E-state index contributed by atoms with van der Waals surface area (Å²) in [5.74, 6) is 1.96. The molecule has 0 aliphatic rings. The Hall–Kier alpha value is -2.44. The van der Waals surface area contributed by atoms with Crippen molar-refractivity contribution in [3.8, 4) is 11.5 Å². The van der Waals surface area contributed by atoms with Crippen LogP contribution in [0.1, 0.15) is 34.1 Å². The SMILES string of the molecule is CCNC(=NCCC(=O)NC(C)C)Nc1ccc(OCC)c(OC)c1. The van der Waals surface area contributed by atoms with E-state index >= 15 is 0 Å². The van der Waals surface area contributed by atoms with E-state index < -0.39 is 0 Å². The first-order valence-corrected chi connectivity index (χ1v) is 8.65. The van der Waals surface area contributed by atoms with Crippen LogP contribution < -0.4 is 25.4 Å². The van der Waals surface area contributed by atoms with E-state index in [2.05, 4.69) is 20.9 Å². The van der Waals surface area contributed by atoms with Crippen LogP contribution in [0.4, 0.5) is 5.69 Å². The molecule has 25 heavy (non-hydrogen) atoms. The van der Waals surface area contributed by atoms with Gasteiger partial charge in [0.15, 0.2) is 17.5 Å². The first-order chi connectivity index (χ1) is 12.0. The quantitative estimate of drug-likeness (QED) is 0.470. The van der Waals surface area contributed by atoms with Crippen molar-refractivity contribution < 1.29 is 14.3 Å². The summed E-state index contributed by atoms with van der Waals surface area (Å²) >= 11 is 0. The van der Waals surface area contributed by atoms with Crippen LogP contribution in [-0.2, 0) is 4.79 Å². The lowest BCUT2D eigenvalue weighted by atomic mass is 10.2. The number of carbonyl (C=O) groups excluding carboxylic acids is 1. The number of rotatable bonds is 9. The van der Waals surface area contributed by atoms with E-state index in [0.29, 0.717) is 37.0 Å². The zero-order chi connectivity index (χ0) is 18.7. The van der Waals surface area contributed by atoms with Crippen molar-refractivity contribution in [1.29, 1.82) is 0 Å². The number of benzene rings is 1. The summed E-state index contributed by atoms with van der Waals surface area (Å²) in [4.78, 5) is 16.1. The number of nitrogens with one attached hydrogen (secondary N) is 3. The number of aliphatic imine (C=N–C) groups is 1. The van der Waals surface area contributed by atoms with E-state index in [1.54, 1.807) is 7.11 Å². The van der Waals surface area contributed by atoms with Gasteiger partial charge in [-0.15, -0.1) is 0 Å². The summed E-state index contributed by atoms with van der Waals surface area (Å²) in [5.41, 5.74) is 0.826. The minimum Gasteiger partial charge on any atom is -0.493 e. The molecule has 0 unspecified atom stereocenters. The molecule has 0 saturated heterocycles. The fourth-order valence-corrected chi connectivity index (χ4v) is 2.13. The zero-order valence-electron chi connectivity index (χ0n) is 15.8. The number of hydrogen-bond donors (Lipinski definition) is 3. The lowest BCUT2D eigenvalue weighted by molar-refractivity contribution is -0.121. The van der Waals surface area contributed by atoms with Crippen molar-refractivity contribution >= 4 is 17.6 Å². The van der Waals surface area contributed by atoms with Gasteiger partial charge in [0.25, 0.3) is 0 Å². The van der Waals surface area contributed by atoms with E-state index in [-0.39, 0.29) is 11.9 Å². The van der Waals surface area contributed by atoms with Crippen LogP contribution in [0.15, 0.2) is 23.2 Å². The summed E-state index contributed by atoms with van der Waals surface area (Å²) < 4.78 is 10.9. The van der Waals surface area contributed by atoms with Gasteiger partial charge in [-0.2, -0.15) is 0 Å². The summed E-state index contributed by atoms with van der Waals surface area (Å²) in [7, 11) is 1.61. The van der Waals surface area contributed by atoms with Gasteiger partial charge in [-0.3, -0.25) is 9.79 Å². The van der Waals surface area contributed by atoms with Crippen LogP contribution >= 0.6 is 0 Å². The molecule has 3 N–H and O–H groups in total. The van der Waals surface area contributed by atoms with Gasteiger partial charge in [0.1, 0.15) is 0 Å². The first-order valence-electron chi connectivity index (χ1n) is 8.65. The number of hydrogen-bond acceptors (Lipinski definition) is 4. The third-order valence-corrected chi connectivity index (χ3v) is 3.13. The van der Waals surface area contributed by atoms with Crippen LogP contribution in [0.2, 0.25) is 0 Å². The molecule has 1 rings (SSSR count). The number of methoxy groups -OCH3 is 1. The van der Waals surface area contributed by atoms with Gasteiger partial charge in [0.05, 0.1) is 20.3 Å². The molecule has 0 spiro atoms. The number of ether oxygens (including phenoxy) is 2. The molecule has 0 aliphatic carbocycles. The Morgan fingerprint density at radius 1 is 1.24 bits per heavy atom. The minimum atomic E-state index is -0.00247. The monoisotopic (exact) mass is 350 g/mol. The van der Waals surface area contributed by atoms with Crippen molar-refractivity contribution in [2.45, 2.75) is 40.2 Å². The van der Waals surface area contributed by atoms with Crippen molar-refractivity contribution in [3.63, 3.8) is 0 Å². The largest absolute Gasteiger partial charge is 0.493 e. The van der Waals surface area contributed by atoms with Crippen LogP contribution in [-0.4, -0.2) is 44.7 Å². The highest BCUT2D eigenvalue weighted by Gasteiger charge is 2.07. The average molecular weight is 350 g/mol. The lowest BCUT2D eigenvalue weighted by Gasteiger charge is -2.14. The molecule has 0 aromatic heterocycles. The van der Waals surface area contributed by atoms with Crippen LogP contribution in [0.3, 0.4) is 0 Å². The van der Waals surface area contributed by atoms with Crippen molar-refractivity contribution in [2.24, 2.45) is 4.99 Å². The van der Waals surface area contributed by atoms with Gasteiger partial charge < -0.3 is 25.4 Å². The second-order valence-corrected chi connectivity index (χ2v) is 5.66. The number of carbonyl (C=O) groups is 1. The molecule has 1 aromatic carbocycles. The van der Waals surface area contributed by atoms with Crippen molar-refractivity contribution in [3.05, 3.63) is 18.2 Å². The van der Waals surface area contributed by atoms with Crippen LogP contribution in [0.5, 0.6) is 11.5 Å². The minimum absolute atomic E-state index is 0.00247. The zero-order valence-corrected chi connectivity index (χ0v) is 15.8. The average Bonchev–Trinajstić information content (AvgIpc) is 2.55. The van der Waals surface area contributed by atoms with Gasteiger partial charge in [-0.05, 0) is 39.8 Å². The van der Waals surface area contributed by atoms with E-state index in [4.69, 9.17) is 9.47 Å². The normalized spacial score (nSPS) is 11.2. The van der Waals surface area contributed by atoms with Crippen LogP contribution in [0, 0.1) is 0 Å². The van der Waals surface area contributed by atoms with E-state index in [1.165, 1.54) is 0 Å². The van der Waals surface area contributed by atoms with Gasteiger partial charge in [0.2, 0.25) is 5.91 Å². The summed E-state index contributed by atoms with van der Waals surface area (Å²) in [6.45, 7) is 9.49. The van der Waals surface area contributed by atoms with E-state index in [1.807, 2.05) is 45.9 Å². The number of nitrogens with zero attached hydrogens (tertiary/aromatic N) is 1. The van der Waals surface area contributed by atoms with E-state index in [9.17, 15) is 4.79 Å². The second kappa shape index (κ2) is 11.2.